The minimum atomic E-state index is -0.769. The molecule has 26 heavy (non-hydrogen) atoms. The lowest BCUT2D eigenvalue weighted by molar-refractivity contribution is -0.122. The molecule has 1 amide bonds. The summed E-state index contributed by atoms with van der Waals surface area (Å²) in [5.41, 5.74) is 0.987. The van der Waals surface area contributed by atoms with E-state index in [-0.39, 0.29) is 5.91 Å². The molecule has 0 aliphatic rings. The number of carbonyl (C=O) groups is 1. The Morgan fingerprint density at radius 3 is 2.81 bits per heavy atom. The van der Waals surface area contributed by atoms with Crippen molar-refractivity contribution in [1.82, 2.24) is 5.16 Å². The molecule has 0 aliphatic heterocycles. The average Bonchev–Trinajstić information content (AvgIpc) is 2.99. The van der Waals surface area contributed by atoms with Crippen LogP contribution in [0.5, 0.6) is 5.75 Å². The Hall–Kier alpha value is -3.09. The number of hydrogen-bond donors (Lipinski definition) is 1. The highest BCUT2D eigenvalue weighted by Gasteiger charge is 2.17. The number of carbonyl (C=O) groups excluding carboxylic acids is 1. The van der Waals surface area contributed by atoms with Crippen molar-refractivity contribution in [2.75, 3.05) is 5.32 Å². The number of nitrogens with zero attached hydrogens (tertiary/aromatic N) is 1. The molecule has 1 atom stereocenters. The van der Waals surface area contributed by atoms with E-state index in [9.17, 15) is 9.59 Å². The van der Waals surface area contributed by atoms with Gasteiger partial charge < -0.3 is 19.0 Å². The first-order chi connectivity index (χ1) is 12.5. The van der Waals surface area contributed by atoms with Crippen LogP contribution in [-0.4, -0.2) is 17.2 Å². The predicted molar refractivity (Wildman–Crippen MR) is 96.4 cm³/mol. The van der Waals surface area contributed by atoms with Gasteiger partial charge in [-0.2, -0.15) is 0 Å². The third kappa shape index (κ3) is 3.93. The van der Waals surface area contributed by atoms with Gasteiger partial charge in [0.15, 0.2) is 11.9 Å². The first kappa shape index (κ1) is 17.7. The van der Waals surface area contributed by atoms with Crippen molar-refractivity contribution in [3.05, 3.63) is 52.1 Å². The summed E-state index contributed by atoms with van der Waals surface area (Å²) in [7, 11) is 0. The van der Waals surface area contributed by atoms with Gasteiger partial charge in [-0.05, 0) is 38.0 Å². The van der Waals surface area contributed by atoms with Crippen LogP contribution in [-0.2, 0) is 11.2 Å². The van der Waals surface area contributed by atoms with Gasteiger partial charge in [0, 0.05) is 23.6 Å². The highest BCUT2D eigenvalue weighted by Crippen LogP contribution is 2.24. The van der Waals surface area contributed by atoms with Crippen LogP contribution in [0.25, 0.3) is 11.0 Å². The second-order valence-corrected chi connectivity index (χ2v) is 6.07. The van der Waals surface area contributed by atoms with Gasteiger partial charge in [0.05, 0.1) is 0 Å². The van der Waals surface area contributed by atoms with Gasteiger partial charge >= 0.3 is 5.63 Å². The molecule has 0 bridgehead atoms. The fourth-order valence-electron chi connectivity index (χ4n) is 2.67. The van der Waals surface area contributed by atoms with E-state index in [1.165, 1.54) is 6.07 Å². The third-order valence-electron chi connectivity index (χ3n) is 3.88. The molecule has 0 unspecified atom stereocenters. The lowest BCUT2D eigenvalue weighted by Gasteiger charge is -2.14. The van der Waals surface area contributed by atoms with Gasteiger partial charge in [-0.3, -0.25) is 4.79 Å². The number of hydrogen-bond acceptors (Lipinski definition) is 6. The van der Waals surface area contributed by atoms with Crippen LogP contribution in [0.1, 0.15) is 31.6 Å². The van der Waals surface area contributed by atoms with Gasteiger partial charge in [-0.1, -0.05) is 18.5 Å². The molecule has 2 aromatic heterocycles. The molecule has 0 fully saturated rings. The highest BCUT2D eigenvalue weighted by molar-refractivity contribution is 5.93. The number of ether oxygens (including phenoxy) is 1. The first-order valence-corrected chi connectivity index (χ1v) is 8.44. The molecule has 1 N–H and O–H groups in total. The summed E-state index contributed by atoms with van der Waals surface area (Å²) in [6.07, 6.45) is 0.948. The van der Waals surface area contributed by atoms with Gasteiger partial charge in [-0.15, -0.1) is 0 Å². The molecule has 7 nitrogen and oxygen atoms in total. The average molecular weight is 356 g/mol. The summed E-state index contributed by atoms with van der Waals surface area (Å²) < 4.78 is 15.8. The Bertz CT molecular complexity index is 989. The van der Waals surface area contributed by atoms with Gasteiger partial charge in [0.2, 0.25) is 0 Å². The van der Waals surface area contributed by atoms with Crippen molar-refractivity contribution >= 4 is 22.7 Å². The molecule has 7 heteroatoms. The number of benzene rings is 1. The summed E-state index contributed by atoms with van der Waals surface area (Å²) in [5.74, 6) is 1.01. The third-order valence-corrected chi connectivity index (χ3v) is 3.88. The number of aromatic nitrogens is 1. The number of nitrogens with one attached hydrogen (secondary N) is 1. The molecular weight excluding hydrogens is 336 g/mol. The Kier molecular flexibility index (Phi) is 5.06. The number of aryl methyl sites for hydroxylation is 2. The normalized spacial score (nSPS) is 12.1. The van der Waals surface area contributed by atoms with E-state index in [2.05, 4.69) is 17.4 Å². The Morgan fingerprint density at radius 2 is 2.12 bits per heavy atom. The number of fused-ring (bicyclic) bond motifs is 1. The van der Waals surface area contributed by atoms with Crippen molar-refractivity contribution < 1.29 is 18.5 Å². The van der Waals surface area contributed by atoms with Crippen LogP contribution in [0.3, 0.4) is 0 Å². The molecule has 1 aromatic carbocycles. The molecule has 3 rings (SSSR count). The monoisotopic (exact) mass is 356 g/mol. The topological polar surface area (TPSA) is 94.6 Å². The molecule has 3 aromatic rings. The summed E-state index contributed by atoms with van der Waals surface area (Å²) in [6.45, 7) is 5.41. The van der Waals surface area contributed by atoms with Crippen LogP contribution in [0, 0.1) is 6.92 Å². The Labute approximate surface area is 149 Å². The van der Waals surface area contributed by atoms with Gasteiger partial charge in [-0.25, -0.2) is 4.79 Å². The Balaban J connectivity index is 1.77. The molecular formula is C19H20N2O5. The second-order valence-electron chi connectivity index (χ2n) is 6.07. The van der Waals surface area contributed by atoms with E-state index >= 15 is 0 Å². The summed E-state index contributed by atoms with van der Waals surface area (Å²) in [5, 5.41) is 7.19. The zero-order valence-corrected chi connectivity index (χ0v) is 14.9. The number of amides is 1. The summed E-state index contributed by atoms with van der Waals surface area (Å²) in [4.78, 5) is 23.9. The first-order valence-electron chi connectivity index (χ1n) is 8.44. The maximum atomic E-state index is 12.2. The van der Waals surface area contributed by atoms with Crippen molar-refractivity contribution in [3.8, 4) is 5.75 Å². The lowest BCUT2D eigenvalue weighted by atomic mass is 10.1. The maximum absolute atomic E-state index is 12.2. The van der Waals surface area contributed by atoms with E-state index in [0.29, 0.717) is 22.9 Å². The maximum Gasteiger partial charge on any atom is 0.336 e. The van der Waals surface area contributed by atoms with Crippen LogP contribution >= 0.6 is 0 Å². The van der Waals surface area contributed by atoms with E-state index in [4.69, 9.17) is 13.7 Å². The van der Waals surface area contributed by atoms with Crippen LogP contribution in [0.2, 0.25) is 0 Å². The van der Waals surface area contributed by atoms with E-state index in [1.807, 2.05) is 6.07 Å². The zero-order valence-electron chi connectivity index (χ0n) is 14.9. The van der Waals surface area contributed by atoms with Crippen molar-refractivity contribution in [3.63, 3.8) is 0 Å². The largest absolute Gasteiger partial charge is 0.481 e. The fraction of sp³-hybridized carbons (Fsp3) is 0.316. The van der Waals surface area contributed by atoms with Crippen LogP contribution < -0.4 is 15.7 Å². The van der Waals surface area contributed by atoms with Crippen molar-refractivity contribution in [1.29, 1.82) is 0 Å². The molecule has 2 heterocycles. The molecule has 0 saturated heterocycles. The highest BCUT2D eigenvalue weighted by atomic mass is 16.5. The van der Waals surface area contributed by atoms with E-state index in [0.717, 1.165) is 23.8 Å². The van der Waals surface area contributed by atoms with E-state index in [1.54, 1.807) is 32.0 Å². The predicted octanol–water partition coefficient (Wildman–Crippen LogP) is 3.45. The SMILES string of the molecule is CCCc1cc(=O)oc2cc(O[C@@H](C)C(=O)Nc3cc(C)on3)ccc12. The molecule has 136 valence electrons. The fourth-order valence-corrected chi connectivity index (χ4v) is 2.67. The van der Waals surface area contributed by atoms with Crippen LogP contribution in [0.4, 0.5) is 5.82 Å². The summed E-state index contributed by atoms with van der Waals surface area (Å²) in [6, 6.07) is 8.35. The van der Waals surface area contributed by atoms with Crippen molar-refractivity contribution in [2.24, 2.45) is 0 Å². The van der Waals surface area contributed by atoms with Crippen LogP contribution in [0.15, 0.2) is 44.1 Å². The summed E-state index contributed by atoms with van der Waals surface area (Å²) >= 11 is 0. The number of anilines is 1. The van der Waals surface area contributed by atoms with Gasteiger partial charge in [0.25, 0.3) is 5.91 Å². The molecule has 0 radical (unpaired) electrons. The van der Waals surface area contributed by atoms with Gasteiger partial charge in [0.1, 0.15) is 17.1 Å². The smallest absolute Gasteiger partial charge is 0.336 e. The lowest BCUT2D eigenvalue weighted by Crippen LogP contribution is -2.30. The molecule has 0 saturated carbocycles. The Morgan fingerprint density at radius 1 is 1.31 bits per heavy atom. The van der Waals surface area contributed by atoms with E-state index < -0.39 is 11.7 Å². The number of rotatable bonds is 6. The van der Waals surface area contributed by atoms with Crippen molar-refractivity contribution in [2.45, 2.75) is 39.7 Å². The quantitative estimate of drug-likeness (QED) is 0.680. The standard InChI is InChI=1S/C19H20N2O5/c1-4-5-13-9-18(22)25-16-10-14(6-7-15(13)16)24-12(3)19(23)20-17-8-11(2)26-21-17/h6-10,12H,4-5H2,1-3H3,(H,20,21,23)/t12-/m0/s1. The minimum absolute atomic E-state index is 0.330. The zero-order chi connectivity index (χ0) is 18.7. The second kappa shape index (κ2) is 7.43. The minimum Gasteiger partial charge on any atom is -0.481 e. The molecule has 0 aliphatic carbocycles. The molecule has 0 spiro atoms.